The van der Waals surface area contributed by atoms with Crippen molar-refractivity contribution in [1.82, 2.24) is 0 Å². The quantitative estimate of drug-likeness (QED) is 0.140. The van der Waals surface area contributed by atoms with E-state index in [1.807, 2.05) is 0 Å². The minimum atomic E-state index is -1.94. The van der Waals surface area contributed by atoms with E-state index >= 15 is 0 Å². The van der Waals surface area contributed by atoms with E-state index in [1.54, 1.807) is 0 Å². The number of ether oxygens (including phenoxy) is 5. The normalized spacial score (nSPS) is 31.2. The van der Waals surface area contributed by atoms with Crippen molar-refractivity contribution in [3.63, 3.8) is 0 Å². The number of rotatable bonds is 8. The van der Waals surface area contributed by atoms with E-state index in [4.69, 9.17) is 28.1 Å². The number of fused-ring (bicyclic) bond motifs is 1. The summed E-state index contributed by atoms with van der Waals surface area (Å²) in [7, 11) is 1.28. The summed E-state index contributed by atoms with van der Waals surface area (Å²) in [5, 5.41) is 92.0. The van der Waals surface area contributed by atoms with Crippen LogP contribution in [0.4, 0.5) is 0 Å². The molecule has 9 N–H and O–H groups in total. The van der Waals surface area contributed by atoms with Crippen LogP contribution in [0, 0.1) is 0 Å². The average Bonchev–Trinajstić information content (AvgIpc) is 3.26. The third kappa shape index (κ3) is 5.74. The van der Waals surface area contributed by atoms with E-state index in [1.165, 1.54) is 32.2 Å². The second kappa shape index (κ2) is 12.4. The third-order valence-electron chi connectivity index (χ3n) is 7.42. The number of aromatic hydroxyl groups is 3. The zero-order chi connectivity index (χ0) is 32.0. The summed E-state index contributed by atoms with van der Waals surface area (Å²) in [5.41, 5.74) is -1.11. The number of aliphatic hydroxyl groups excluding tert-OH is 6. The summed E-state index contributed by atoms with van der Waals surface area (Å²) >= 11 is 0. The molecule has 44 heavy (non-hydrogen) atoms. The van der Waals surface area contributed by atoms with Crippen molar-refractivity contribution in [2.24, 2.45) is 0 Å². The number of benzene rings is 2. The second-order valence-corrected chi connectivity index (χ2v) is 10.5. The van der Waals surface area contributed by atoms with Gasteiger partial charge in [0.25, 0.3) is 0 Å². The maximum atomic E-state index is 13.7. The number of aliphatic hydroxyl groups is 6. The van der Waals surface area contributed by atoms with Crippen LogP contribution in [0.15, 0.2) is 39.5 Å². The van der Waals surface area contributed by atoms with E-state index in [2.05, 4.69) is 0 Å². The second-order valence-electron chi connectivity index (χ2n) is 10.5. The van der Waals surface area contributed by atoms with Gasteiger partial charge in [0.1, 0.15) is 65.2 Å². The molecule has 0 amide bonds. The van der Waals surface area contributed by atoms with Crippen LogP contribution in [0.1, 0.15) is 6.92 Å². The van der Waals surface area contributed by atoms with Gasteiger partial charge in [-0.3, -0.25) is 4.79 Å². The molecule has 2 aliphatic heterocycles. The summed E-state index contributed by atoms with van der Waals surface area (Å²) < 4.78 is 33.1. The zero-order valence-corrected chi connectivity index (χ0v) is 23.3. The maximum Gasteiger partial charge on any atom is 0.239 e. The Morgan fingerprint density at radius 3 is 2.23 bits per heavy atom. The van der Waals surface area contributed by atoms with Crippen molar-refractivity contribution < 1.29 is 74.1 Å². The van der Waals surface area contributed by atoms with Crippen molar-refractivity contribution in [3.05, 3.63) is 40.6 Å². The molecular weight excluding hydrogens is 592 g/mol. The lowest BCUT2D eigenvalue weighted by Crippen LogP contribution is -2.60. The monoisotopic (exact) mass is 624 g/mol. The Bertz CT molecular complexity index is 1550. The maximum absolute atomic E-state index is 13.7. The van der Waals surface area contributed by atoms with Gasteiger partial charge in [0.15, 0.2) is 23.5 Å². The number of hydrogen-bond donors (Lipinski definition) is 9. The molecule has 16 nitrogen and oxygen atoms in total. The van der Waals surface area contributed by atoms with Gasteiger partial charge in [-0.25, -0.2) is 0 Å². The molecule has 0 bridgehead atoms. The molecule has 2 aromatic carbocycles. The van der Waals surface area contributed by atoms with Crippen molar-refractivity contribution in [2.75, 3.05) is 13.7 Å². The predicted molar refractivity (Wildman–Crippen MR) is 145 cm³/mol. The van der Waals surface area contributed by atoms with E-state index in [-0.39, 0.29) is 28.4 Å². The van der Waals surface area contributed by atoms with E-state index in [9.17, 15) is 50.8 Å². The predicted octanol–water partition coefficient (Wildman–Crippen LogP) is -1.38. The number of hydrogen-bond acceptors (Lipinski definition) is 16. The molecule has 10 unspecified atom stereocenters. The highest BCUT2D eigenvalue weighted by atomic mass is 16.7. The smallest absolute Gasteiger partial charge is 0.239 e. The molecule has 0 aliphatic carbocycles. The molecule has 0 saturated carbocycles. The van der Waals surface area contributed by atoms with Gasteiger partial charge in [0.2, 0.25) is 17.5 Å². The van der Waals surface area contributed by atoms with Crippen molar-refractivity contribution in [1.29, 1.82) is 0 Å². The topological polar surface area (TPSA) is 258 Å². The van der Waals surface area contributed by atoms with Crippen molar-refractivity contribution >= 4 is 11.0 Å². The summed E-state index contributed by atoms with van der Waals surface area (Å²) in [6.45, 7) is 0.755. The summed E-state index contributed by atoms with van der Waals surface area (Å²) in [6, 6.07) is 5.83. The fourth-order valence-electron chi connectivity index (χ4n) is 5.05. The van der Waals surface area contributed by atoms with Gasteiger partial charge in [-0.2, -0.15) is 0 Å². The van der Waals surface area contributed by atoms with E-state index in [0.717, 1.165) is 12.1 Å². The Labute approximate surface area is 248 Å². The van der Waals surface area contributed by atoms with Gasteiger partial charge < -0.3 is 74.1 Å². The fraction of sp³-hybridized carbons (Fsp3) is 0.464. The number of phenols is 3. The first-order chi connectivity index (χ1) is 20.8. The molecular formula is C28H32O16. The third-order valence-corrected chi connectivity index (χ3v) is 7.42. The molecule has 16 heteroatoms. The van der Waals surface area contributed by atoms with Gasteiger partial charge in [0, 0.05) is 17.7 Å². The van der Waals surface area contributed by atoms with Gasteiger partial charge >= 0.3 is 0 Å². The van der Waals surface area contributed by atoms with Crippen LogP contribution >= 0.6 is 0 Å². The van der Waals surface area contributed by atoms with Crippen LogP contribution in [0.5, 0.6) is 28.7 Å². The van der Waals surface area contributed by atoms with Crippen LogP contribution < -0.4 is 14.9 Å². The van der Waals surface area contributed by atoms with E-state index < -0.39 is 96.1 Å². The molecule has 10 atom stereocenters. The molecule has 2 aliphatic rings. The number of phenolic OH excluding ortho intramolecular Hbond substituents is 3. The first-order valence-electron chi connectivity index (χ1n) is 13.4. The van der Waals surface area contributed by atoms with Crippen LogP contribution in [-0.4, -0.2) is 121 Å². The van der Waals surface area contributed by atoms with Gasteiger partial charge in [-0.15, -0.1) is 0 Å². The summed E-state index contributed by atoms with van der Waals surface area (Å²) in [5.74, 6) is -2.28. The largest absolute Gasteiger partial charge is 0.508 e. The van der Waals surface area contributed by atoms with Crippen molar-refractivity contribution in [2.45, 2.75) is 68.3 Å². The molecule has 3 heterocycles. The van der Waals surface area contributed by atoms with E-state index in [0.29, 0.717) is 0 Å². The highest BCUT2D eigenvalue weighted by Crippen LogP contribution is 2.39. The first kappa shape index (κ1) is 31.7. The van der Waals surface area contributed by atoms with Crippen LogP contribution in [0.25, 0.3) is 22.3 Å². The molecule has 240 valence electrons. The lowest BCUT2D eigenvalue weighted by atomic mass is 9.99. The summed E-state index contributed by atoms with van der Waals surface area (Å²) in [6.07, 6.45) is -15.7. The SMILES string of the molecule is COc1cc(-c2oc3cc(O)cc(O)c3c(=O)c2OC2OC(COC3OC(C(C)O)C(O)C3O)C(O)C(O)C2O)ccc1O. The Kier molecular flexibility index (Phi) is 8.90. The minimum Gasteiger partial charge on any atom is -0.508 e. The molecule has 1 aromatic heterocycles. The Morgan fingerprint density at radius 2 is 1.57 bits per heavy atom. The molecule has 3 aromatic rings. The highest BCUT2D eigenvalue weighted by Gasteiger charge is 2.49. The van der Waals surface area contributed by atoms with Gasteiger partial charge in [0.05, 0.1) is 19.8 Å². The standard InChI is InChI=1S/C28H32O16/c1-9(29)24-21(36)23(38)27(43-24)40-8-16-18(33)20(35)22(37)28(42-16)44-26-19(34)17-13(32)6-11(30)7-15(17)41-25(26)10-3-4-12(31)14(5-10)39-2/h3-7,9,16,18,20-24,27-33,35-38H,8H2,1-2H3. The highest BCUT2D eigenvalue weighted by molar-refractivity contribution is 5.88. The Morgan fingerprint density at radius 1 is 0.864 bits per heavy atom. The molecule has 2 saturated heterocycles. The van der Waals surface area contributed by atoms with Crippen LogP contribution in [-0.2, 0) is 14.2 Å². The lowest BCUT2D eigenvalue weighted by Gasteiger charge is -2.40. The Balaban J connectivity index is 1.48. The molecule has 0 spiro atoms. The molecule has 5 rings (SSSR count). The zero-order valence-electron chi connectivity index (χ0n) is 23.3. The first-order valence-corrected chi connectivity index (χ1v) is 13.4. The summed E-state index contributed by atoms with van der Waals surface area (Å²) in [4.78, 5) is 13.7. The Hall–Kier alpha value is -3.71. The molecule has 0 radical (unpaired) electrons. The van der Waals surface area contributed by atoms with Gasteiger partial charge in [-0.1, -0.05) is 0 Å². The number of methoxy groups -OCH3 is 1. The average molecular weight is 625 g/mol. The fourth-order valence-corrected chi connectivity index (χ4v) is 5.05. The van der Waals surface area contributed by atoms with Crippen LogP contribution in [0.3, 0.4) is 0 Å². The molecule has 2 fully saturated rings. The van der Waals surface area contributed by atoms with Crippen LogP contribution in [0.2, 0.25) is 0 Å². The van der Waals surface area contributed by atoms with Gasteiger partial charge in [-0.05, 0) is 25.1 Å². The van der Waals surface area contributed by atoms with Crippen molar-refractivity contribution in [3.8, 4) is 40.1 Å². The lowest BCUT2D eigenvalue weighted by molar-refractivity contribution is -0.290. The minimum absolute atomic E-state index is 0.0149.